The van der Waals surface area contributed by atoms with E-state index in [2.05, 4.69) is 100.0 Å². The van der Waals surface area contributed by atoms with Crippen LogP contribution in [0.15, 0.2) is 48.5 Å². The Labute approximate surface area is 137 Å². The summed E-state index contributed by atoms with van der Waals surface area (Å²) in [5.74, 6) is 0. The monoisotopic (exact) mass is 324 g/mol. The molecule has 0 radical (unpaired) electrons. The highest BCUT2D eigenvalue weighted by Gasteiger charge is 2.18. The van der Waals surface area contributed by atoms with Gasteiger partial charge in [0.15, 0.2) is 0 Å². The molecule has 0 nitrogen and oxygen atoms in total. The second kappa shape index (κ2) is 6.39. The average Bonchev–Trinajstić information content (AvgIpc) is 2.44. The maximum atomic E-state index is 2.41. The molecule has 0 spiro atoms. The summed E-state index contributed by atoms with van der Waals surface area (Å²) >= 11 is 0. The Kier molecular flexibility index (Phi) is 4.93. The fourth-order valence-corrected chi connectivity index (χ4v) is 5.45. The van der Waals surface area contributed by atoms with Crippen LogP contribution in [0.2, 0.25) is 39.3 Å². The van der Waals surface area contributed by atoms with Crippen molar-refractivity contribution in [1.82, 2.24) is 0 Å². The van der Waals surface area contributed by atoms with Crippen LogP contribution >= 0.6 is 0 Å². The van der Waals surface area contributed by atoms with Crippen molar-refractivity contribution in [3.8, 4) is 0 Å². The van der Waals surface area contributed by atoms with E-state index in [1.54, 1.807) is 0 Å². The minimum atomic E-state index is -1.30. The standard InChI is InChI=1S/C20H28Si2/c1-21(2,3)19-12-9-10-17(16-19)14-15-18-11-7-8-13-20(18)22(4,5)6/h7-16H,1-6H3/b15-14+. The van der Waals surface area contributed by atoms with E-state index in [0.717, 1.165) is 0 Å². The van der Waals surface area contributed by atoms with E-state index in [9.17, 15) is 0 Å². The summed E-state index contributed by atoms with van der Waals surface area (Å²) in [6, 6.07) is 17.9. The van der Waals surface area contributed by atoms with Crippen LogP contribution in [-0.4, -0.2) is 16.1 Å². The van der Waals surface area contributed by atoms with Gasteiger partial charge in [-0.25, -0.2) is 0 Å². The van der Waals surface area contributed by atoms with E-state index >= 15 is 0 Å². The van der Waals surface area contributed by atoms with Gasteiger partial charge < -0.3 is 0 Å². The first kappa shape index (κ1) is 17.0. The molecule has 0 aliphatic heterocycles. The lowest BCUT2D eigenvalue weighted by Gasteiger charge is -2.19. The lowest BCUT2D eigenvalue weighted by Crippen LogP contribution is -2.39. The van der Waals surface area contributed by atoms with Crippen LogP contribution in [0.4, 0.5) is 0 Å². The SMILES string of the molecule is C[Si](C)(C)c1cccc(/C=C/c2ccccc2[Si](C)(C)C)c1. The highest BCUT2D eigenvalue weighted by Crippen LogP contribution is 2.12. The molecular formula is C20H28Si2. The van der Waals surface area contributed by atoms with Crippen LogP contribution in [0.1, 0.15) is 11.1 Å². The van der Waals surface area contributed by atoms with E-state index < -0.39 is 16.1 Å². The predicted octanol–water partition coefficient (Wildman–Crippen LogP) is 4.95. The third-order valence-corrected chi connectivity index (χ3v) is 8.09. The lowest BCUT2D eigenvalue weighted by molar-refractivity contribution is 1.63. The van der Waals surface area contributed by atoms with Crippen molar-refractivity contribution in [3.63, 3.8) is 0 Å². The summed E-state index contributed by atoms with van der Waals surface area (Å²) in [4.78, 5) is 0. The molecule has 0 saturated carbocycles. The molecule has 116 valence electrons. The van der Waals surface area contributed by atoms with Crippen LogP contribution in [0.3, 0.4) is 0 Å². The Morgan fingerprint density at radius 1 is 0.682 bits per heavy atom. The zero-order valence-corrected chi connectivity index (χ0v) is 16.8. The van der Waals surface area contributed by atoms with Gasteiger partial charge in [-0.3, -0.25) is 0 Å². The molecule has 2 aromatic rings. The smallest absolute Gasteiger partial charge is 0.0656 e. The first-order chi connectivity index (χ1) is 10.2. The summed E-state index contributed by atoms with van der Waals surface area (Å²) in [6.45, 7) is 14.4. The molecule has 2 aromatic carbocycles. The van der Waals surface area contributed by atoms with Crippen molar-refractivity contribution in [2.75, 3.05) is 0 Å². The molecule has 0 bridgehead atoms. The van der Waals surface area contributed by atoms with Gasteiger partial charge in [-0.15, -0.1) is 0 Å². The van der Waals surface area contributed by atoms with Gasteiger partial charge in [0.2, 0.25) is 0 Å². The molecule has 0 heterocycles. The van der Waals surface area contributed by atoms with Crippen molar-refractivity contribution in [2.45, 2.75) is 39.3 Å². The zero-order chi connectivity index (χ0) is 16.4. The van der Waals surface area contributed by atoms with Gasteiger partial charge in [-0.2, -0.15) is 0 Å². The molecule has 0 aliphatic carbocycles. The Morgan fingerprint density at radius 2 is 1.36 bits per heavy atom. The van der Waals surface area contributed by atoms with Crippen molar-refractivity contribution in [2.24, 2.45) is 0 Å². The molecule has 0 fully saturated rings. The maximum absolute atomic E-state index is 2.41. The van der Waals surface area contributed by atoms with Crippen LogP contribution in [0, 0.1) is 0 Å². The van der Waals surface area contributed by atoms with Crippen LogP contribution in [0.25, 0.3) is 12.2 Å². The van der Waals surface area contributed by atoms with E-state index in [1.807, 2.05) is 0 Å². The predicted molar refractivity (Wildman–Crippen MR) is 108 cm³/mol. The summed E-state index contributed by atoms with van der Waals surface area (Å²) in [7, 11) is -2.54. The first-order valence-corrected chi connectivity index (χ1v) is 15.1. The van der Waals surface area contributed by atoms with Crippen LogP contribution < -0.4 is 10.4 Å². The van der Waals surface area contributed by atoms with E-state index in [-0.39, 0.29) is 0 Å². The summed E-state index contributed by atoms with van der Waals surface area (Å²) in [6.07, 6.45) is 4.56. The summed E-state index contributed by atoms with van der Waals surface area (Å²) in [5.41, 5.74) is 2.69. The molecule has 0 atom stereocenters. The second-order valence-electron chi connectivity index (χ2n) is 8.05. The Balaban J connectivity index is 2.34. The van der Waals surface area contributed by atoms with E-state index in [4.69, 9.17) is 0 Å². The quantitative estimate of drug-likeness (QED) is 0.551. The molecule has 0 saturated heterocycles. The van der Waals surface area contributed by atoms with Gasteiger partial charge in [-0.1, -0.05) is 110 Å². The largest absolute Gasteiger partial charge is 0.0783 e. The Bertz CT molecular complexity index is 671. The number of hydrogen-bond donors (Lipinski definition) is 0. The molecule has 0 aromatic heterocycles. The van der Waals surface area contributed by atoms with Gasteiger partial charge >= 0.3 is 0 Å². The van der Waals surface area contributed by atoms with Crippen molar-refractivity contribution < 1.29 is 0 Å². The fraction of sp³-hybridized carbons (Fsp3) is 0.300. The van der Waals surface area contributed by atoms with Gasteiger partial charge in [0.1, 0.15) is 0 Å². The first-order valence-electron chi connectivity index (χ1n) is 8.06. The normalized spacial score (nSPS) is 12.8. The maximum Gasteiger partial charge on any atom is 0.0783 e. The molecule has 0 aliphatic rings. The summed E-state index contributed by atoms with van der Waals surface area (Å²) in [5, 5.41) is 3.06. The second-order valence-corrected chi connectivity index (χ2v) is 18.2. The molecule has 2 rings (SSSR count). The minimum absolute atomic E-state index is 1.24. The van der Waals surface area contributed by atoms with Crippen molar-refractivity contribution in [1.29, 1.82) is 0 Å². The topological polar surface area (TPSA) is 0 Å². The molecule has 22 heavy (non-hydrogen) atoms. The highest BCUT2D eigenvalue weighted by molar-refractivity contribution is 6.89. The Morgan fingerprint density at radius 3 is 2.00 bits per heavy atom. The van der Waals surface area contributed by atoms with Crippen molar-refractivity contribution >= 4 is 38.7 Å². The number of hydrogen-bond acceptors (Lipinski definition) is 0. The highest BCUT2D eigenvalue weighted by atomic mass is 28.3. The molecule has 2 heteroatoms. The molecule has 0 N–H and O–H groups in total. The molecule has 0 amide bonds. The van der Waals surface area contributed by atoms with Gasteiger partial charge in [0.05, 0.1) is 16.1 Å². The average molecular weight is 325 g/mol. The number of rotatable bonds is 4. The van der Waals surface area contributed by atoms with E-state index in [1.165, 1.54) is 21.5 Å². The lowest BCUT2D eigenvalue weighted by atomic mass is 10.1. The van der Waals surface area contributed by atoms with Crippen LogP contribution in [-0.2, 0) is 0 Å². The molecular weight excluding hydrogens is 296 g/mol. The number of benzene rings is 2. The minimum Gasteiger partial charge on any atom is -0.0656 e. The third-order valence-electron chi connectivity index (χ3n) is 3.98. The van der Waals surface area contributed by atoms with Crippen LogP contribution in [0.5, 0.6) is 0 Å². The zero-order valence-electron chi connectivity index (χ0n) is 14.8. The van der Waals surface area contributed by atoms with Crippen molar-refractivity contribution in [3.05, 3.63) is 59.7 Å². The van der Waals surface area contributed by atoms with Gasteiger partial charge in [0.25, 0.3) is 0 Å². The van der Waals surface area contributed by atoms with Gasteiger partial charge in [-0.05, 0) is 11.1 Å². The van der Waals surface area contributed by atoms with Gasteiger partial charge in [0, 0.05) is 0 Å². The Hall–Kier alpha value is -1.39. The fourth-order valence-electron chi connectivity index (χ4n) is 2.62. The van der Waals surface area contributed by atoms with E-state index in [0.29, 0.717) is 0 Å². The molecule has 0 unspecified atom stereocenters. The summed E-state index contributed by atoms with van der Waals surface area (Å²) < 4.78 is 0. The third kappa shape index (κ3) is 4.31.